The van der Waals surface area contributed by atoms with Crippen LogP contribution in [-0.4, -0.2) is 6.03 Å². The number of aryl methyl sites for hydroxylation is 1. The van der Waals surface area contributed by atoms with Gasteiger partial charge in [-0.15, -0.1) is 0 Å². The zero-order chi connectivity index (χ0) is 15.4. The summed E-state index contributed by atoms with van der Waals surface area (Å²) in [6.45, 7) is 3.89. The van der Waals surface area contributed by atoms with Crippen LogP contribution < -0.4 is 16.4 Å². The Bertz CT molecular complexity index is 638. The van der Waals surface area contributed by atoms with Gasteiger partial charge in [0.25, 0.3) is 0 Å². The van der Waals surface area contributed by atoms with Crippen molar-refractivity contribution in [2.45, 2.75) is 19.9 Å². The molecule has 0 aliphatic heterocycles. The van der Waals surface area contributed by atoms with E-state index in [9.17, 15) is 4.79 Å². The molecule has 0 bridgehead atoms. The second-order valence-electron chi connectivity index (χ2n) is 4.93. The highest BCUT2D eigenvalue weighted by molar-refractivity contribution is 9.10. The summed E-state index contributed by atoms with van der Waals surface area (Å²) in [5.74, 6) is 0. The number of amides is 2. The molecule has 0 aliphatic rings. The lowest BCUT2D eigenvalue weighted by Gasteiger charge is -2.11. The van der Waals surface area contributed by atoms with Crippen molar-refractivity contribution in [2.24, 2.45) is 5.73 Å². The molecule has 0 heterocycles. The number of urea groups is 1. The molecule has 0 saturated heterocycles. The van der Waals surface area contributed by atoms with Crippen molar-refractivity contribution in [3.63, 3.8) is 0 Å². The number of hydrogen-bond acceptors (Lipinski definition) is 2. The van der Waals surface area contributed by atoms with Crippen molar-refractivity contribution in [2.75, 3.05) is 10.6 Å². The van der Waals surface area contributed by atoms with Gasteiger partial charge in [0.1, 0.15) is 0 Å². The number of rotatable bonds is 3. The zero-order valence-corrected chi connectivity index (χ0v) is 13.6. The summed E-state index contributed by atoms with van der Waals surface area (Å²) in [6, 6.07) is 12.9. The predicted octanol–water partition coefficient (Wildman–Crippen LogP) is 4.42. The van der Waals surface area contributed by atoms with Crippen molar-refractivity contribution in [3.8, 4) is 0 Å². The highest BCUT2D eigenvalue weighted by Gasteiger charge is 2.07. The minimum Gasteiger partial charge on any atom is -0.324 e. The molecule has 0 fully saturated rings. The van der Waals surface area contributed by atoms with Crippen LogP contribution in [0.5, 0.6) is 0 Å². The molecule has 110 valence electrons. The number of hydrogen-bond donors (Lipinski definition) is 3. The molecule has 2 aromatic rings. The maximum atomic E-state index is 12.0. The minimum atomic E-state index is -0.283. The maximum absolute atomic E-state index is 12.0. The van der Waals surface area contributed by atoms with Crippen LogP contribution in [0.4, 0.5) is 16.2 Å². The fourth-order valence-electron chi connectivity index (χ4n) is 1.90. The summed E-state index contributed by atoms with van der Waals surface area (Å²) in [5.41, 5.74) is 9.35. The summed E-state index contributed by atoms with van der Waals surface area (Å²) < 4.78 is 0.882. The Labute approximate surface area is 132 Å². The molecule has 2 aromatic carbocycles. The molecule has 4 nitrogen and oxygen atoms in total. The van der Waals surface area contributed by atoms with Crippen LogP contribution >= 0.6 is 15.9 Å². The van der Waals surface area contributed by atoms with Gasteiger partial charge in [-0.05, 0) is 59.1 Å². The van der Waals surface area contributed by atoms with Gasteiger partial charge in [-0.3, -0.25) is 0 Å². The van der Waals surface area contributed by atoms with Crippen LogP contribution in [-0.2, 0) is 0 Å². The molecule has 1 unspecified atom stereocenters. The van der Waals surface area contributed by atoms with E-state index in [4.69, 9.17) is 5.73 Å². The van der Waals surface area contributed by atoms with E-state index >= 15 is 0 Å². The summed E-state index contributed by atoms with van der Waals surface area (Å²) in [6.07, 6.45) is 0. The summed E-state index contributed by atoms with van der Waals surface area (Å²) in [5, 5.41) is 5.61. The first-order valence-electron chi connectivity index (χ1n) is 6.66. The van der Waals surface area contributed by atoms with Crippen molar-refractivity contribution in [1.29, 1.82) is 0 Å². The summed E-state index contributed by atoms with van der Waals surface area (Å²) >= 11 is 3.46. The molecule has 5 heteroatoms. The number of nitrogens with one attached hydrogen (secondary N) is 2. The zero-order valence-electron chi connectivity index (χ0n) is 12.0. The van der Waals surface area contributed by atoms with Crippen LogP contribution in [0.3, 0.4) is 0 Å². The number of carbonyl (C=O) groups is 1. The minimum absolute atomic E-state index is 0.0175. The smallest absolute Gasteiger partial charge is 0.323 e. The Hall–Kier alpha value is -1.85. The maximum Gasteiger partial charge on any atom is 0.323 e. The molecule has 2 amide bonds. The fourth-order valence-corrected chi connectivity index (χ4v) is 2.26. The van der Waals surface area contributed by atoms with Gasteiger partial charge in [-0.2, -0.15) is 0 Å². The van der Waals surface area contributed by atoms with E-state index in [-0.39, 0.29) is 12.1 Å². The van der Waals surface area contributed by atoms with E-state index in [1.165, 1.54) is 0 Å². The second-order valence-corrected chi connectivity index (χ2v) is 5.72. The largest absolute Gasteiger partial charge is 0.324 e. The molecule has 0 saturated carbocycles. The van der Waals surface area contributed by atoms with Crippen LogP contribution in [0, 0.1) is 6.92 Å². The van der Waals surface area contributed by atoms with E-state index < -0.39 is 0 Å². The molecular formula is C16H18BrN3O. The van der Waals surface area contributed by atoms with E-state index in [1.54, 1.807) is 0 Å². The highest BCUT2D eigenvalue weighted by Crippen LogP contribution is 2.25. The molecule has 0 radical (unpaired) electrons. The fraction of sp³-hybridized carbons (Fsp3) is 0.188. The van der Waals surface area contributed by atoms with Gasteiger partial charge >= 0.3 is 6.03 Å². The van der Waals surface area contributed by atoms with Crippen molar-refractivity contribution < 1.29 is 4.79 Å². The Morgan fingerprint density at radius 1 is 1.14 bits per heavy atom. The van der Waals surface area contributed by atoms with Crippen molar-refractivity contribution in [1.82, 2.24) is 0 Å². The third-order valence-corrected chi connectivity index (χ3v) is 4.19. The normalized spacial score (nSPS) is 11.8. The van der Waals surface area contributed by atoms with Gasteiger partial charge in [0, 0.05) is 16.2 Å². The third-order valence-electron chi connectivity index (χ3n) is 3.13. The first-order valence-corrected chi connectivity index (χ1v) is 7.45. The van der Waals surface area contributed by atoms with Crippen LogP contribution in [0.15, 0.2) is 46.9 Å². The Balaban J connectivity index is 2.03. The average Bonchev–Trinajstić information content (AvgIpc) is 2.44. The lowest BCUT2D eigenvalue weighted by atomic mass is 10.1. The number of benzene rings is 2. The van der Waals surface area contributed by atoms with Gasteiger partial charge < -0.3 is 16.4 Å². The predicted molar refractivity (Wildman–Crippen MR) is 90.6 cm³/mol. The molecule has 0 aromatic heterocycles. The topological polar surface area (TPSA) is 67.2 Å². The molecule has 2 rings (SSSR count). The van der Waals surface area contributed by atoms with E-state index in [1.807, 2.05) is 56.3 Å². The molecule has 0 aliphatic carbocycles. The molecule has 0 spiro atoms. The van der Waals surface area contributed by atoms with Crippen LogP contribution in [0.1, 0.15) is 24.1 Å². The van der Waals surface area contributed by atoms with Gasteiger partial charge in [-0.1, -0.05) is 24.3 Å². The monoisotopic (exact) mass is 347 g/mol. The standard InChI is InChI=1S/C16H18BrN3O/c1-10-4-3-5-14(15(10)17)20-16(21)19-13-8-6-12(7-9-13)11(2)18/h3-9,11H,18H2,1-2H3,(H2,19,20,21). The number of nitrogens with two attached hydrogens (primary N) is 1. The molecule has 21 heavy (non-hydrogen) atoms. The first-order chi connectivity index (χ1) is 9.97. The SMILES string of the molecule is Cc1cccc(NC(=O)Nc2ccc(C(C)N)cc2)c1Br. The lowest BCUT2D eigenvalue weighted by molar-refractivity contribution is 0.262. The second kappa shape index (κ2) is 6.74. The number of halogens is 1. The van der Waals surface area contributed by atoms with Crippen molar-refractivity contribution >= 4 is 33.3 Å². The summed E-state index contributed by atoms with van der Waals surface area (Å²) in [4.78, 5) is 12.0. The van der Waals surface area contributed by atoms with E-state index in [0.717, 1.165) is 27.0 Å². The quantitative estimate of drug-likeness (QED) is 0.769. The Kier molecular flexibility index (Phi) is 4.98. The number of carbonyl (C=O) groups excluding carboxylic acids is 1. The van der Waals surface area contributed by atoms with Crippen LogP contribution in [0.2, 0.25) is 0 Å². The summed E-state index contributed by atoms with van der Waals surface area (Å²) in [7, 11) is 0. The average molecular weight is 348 g/mol. The first kappa shape index (κ1) is 15.5. The van der Waals surface area contributed by atoms with Gasteiger partial charge in [0.05, 0.1) is 5.69 Å². The van der Waals surface area contributed by atoms with E-state index in [0.29, 0.717) is 0 Å². The number of anilines is 2. The van der Waals surface area contributed by atoms with Crippen LogP contribution in [0.25, 0.3) is 0 Å². The Morgan fingerprint density at radius 3 is 2.43 bits per heavy atom. The van der Waals surface area contributed by atoms with Crippen molar-refractivity contribution in [3.05, 3.63) is 58.1 Å². The molecule has 1 atom stereocenters. The third kappa shape index (κ3) is 4.06. The highest BCUT2D eigenvalue weighted by atomic mass is 79.9. The Morgan fingerprint density at radius 2 is 1.81 bits per heavy atom. The lowest BCUT2D eigenvalue weighted by Crippen LogP contribution is -2.19. The van der Waals surface area contributed by atoms with Gasteiger partial charge in [0.2, 0.25) is 0 Å². The molecular weight excluding hydrogens is 330 g/mol. The molecule has 4 N–H and O–H groups in total. The van der Waals surface area contributed by atoms with Gasteiger partial charge in [-0.25, -0.2) is 4.79 Å². The van der Waals surface area contributed by atoms with E-state index in [2.05, 4.69) is 26.6 Å². The van der Waals surface area contributed by atoms with Gasteiger partial charge in [0.15, 0.2) is 0 Å².